The minimum atomic E-state index is -1.60. The van der Waals surface area contributed by atoms with E-state index in [0.717, 1.165) is 25.0 Å². The number of halogens is 3. The van der Waals surface area contributed by atoms with Crippen molar-refractivity contribution in [3.63, 3.8) is 0 Å². The Morgan fingerprint density at radius 1 is 1.17 bits per heavy atom. The van der Waals surface area contributed by atoms with Gasteiger partial charge in [-0.3, -0.25) is 4.79 Å². The fourth-order valence-electron chi connectivity index (χ4n) is 2.40. The van der Waals surface area contributed by atoms with Gasteiger partial charge in [-0.25, -0.2) is 13.2 Å². The lowest BCUT2D eigenvalue weighted by Crippen LogP contribution is -2.32. The number of Topliss-reactive ketones (excluding diaryl/α,β-unsaturated/α-hetero) is 1. The van der Waals surface area contributed by atoms with Crippen LogP contribution in [-0.2, 0) is 0 Å². The summed E-state index contributed by atoms with van der Waals surface area (Å²) in [6.45, 7) is 0. The molecule has 2 nitrogen and oxygen atoms in total. The molecule has 0 spiro atoms. The van der Waals surface area contributed by atoms with E-state index in [9.17, 15) is 18.0 Å². The number of carbonyl (C=O) groups excluding carboxylic acids is 1. The second-order valence-corrected chi connectivity index (χ2v) is 4.71. The number of benzene rings is 1. The van der Waals surface area contributed by atoms with E-state index in [1.165, 1.54) is 0 Å². The van der Waals surface area contributed by atoms with Gasteiger partial charge >= 0.3 is 0 Å². The average Bonchev–Trinajstić information content (AvgIpc) is 2.35. The van der Waals surface area contributed by atoms with E-state index < -0.39 is 29.2 Å². The molecule has 5 heteroatoms. The van der Waals surface area contributed by atoms with Crippen molar-refractivity contribution in [3.8, 4) is 0 Å². The highest BCUT2D eigenvalue weighted by Gasteiger charge is 2.29. The van der Waals surface area contributed by atoms with Gasteiger partial charge < -0.3 is 5.73 Å². The third-order valence-electron chi connectivity index (χ3n) is 3.39. The molecule has 0 heterocycles. The van der Waals surface area contributed by atoms with Gasteiger partial charge in [0, 0.05) is 12.0 Å². The highest BCUT2D eigenvalue weighted by atomic mass is 19.2. The summed E-state index contributed by atoms with van der Waals surface area (Å²) in [6, 6.07) is 1.69. The molecule has 1 aromatic rings. The number of carbonyl (C=O) groups is 1. The van der Waals surface area contributed by atoms with Crippen LogP contribution in [0.15, 0.2) is 12.1 Å². The number of nitrogens with two attached hydrogens (primary N) is 1. The lowest BCUT2D eigenvalue weighted by atomic mass is 9.81. The van der Waals surface area contributed by atoms with Crippen molar-refractivity contribution in [1.82, 2.24) is 0 Å². The Labute approximate surface area is 103 Å². The predicted molar refractivity (Wildman–Crippen MR) is 60.6 cm³/mol. The van der Waals surface area contributed by atoms with Gasteiger partial charge in [-0.05, 0) is 31.4 Å². The molecule has 18 heavy (non-hydrogen) atoms. The fourth-order valence-corrected chi connectivity index (χ4v) is 2.40. The smallest absolute Gasteiger partial charge is 0.195 e. The normalized spacial score (nSPS) is 24.0. The van der Waals surface area contributed by atoms with Gasteiger partial charge in [0.1, 0.15) is 0 Å². The van der Waals surface area contributed by atoms with E-state index >= 15 is 0 Å². The summed E-state index contributed by atoms with van der Waals surface area (Å²) in [4.78, 5) is 12.0. The van der Waals surface area contributed by atoms with Gasteiger partial charge in [0.15, 0.2) is 23.2 Å². The molecule has 1 aliphatic rings. The molecular formula is C13H14F3NO. The molecule has 98 valence electrons. The third-order valence-corrected chi connectivity index (χ3v) is 3.39. The second kappa shape index (κ2) is 5.10. The van der Waals surface area contributed by atoms with E-state index in [2.05, 4.69) is 0 Å². The Morgan fingerprint density at radius 3 is 2.56 bits per heavy atom. The summed E-state index contributed by atoms with van der Waals surface area (Å²) < 4.78 is 39.3. The average molecular weight is 257 g/mol. The van der Waals surface area contributed by atoms with Crippen LogP contribution in [0.3, 0.4) is 0 Å². The van der Waals surface area contributed by atoms with Crippen LogP contribution >= 0.6 is 0 Å². The monoisotopic (exact) mass is 257 g/mol. The molecule has 0 saturated heterocycles. The predicted octanol–water partition coefficient (Wildman–Crippen LogP) is 2.80. The molecule has 0 amide bonds. The molecule has 2 rings (SSSR count). The molecule has 2 N–H and O–H groups in total. The maximum atomic E-state index is 13.5. The number of ketones is 1. The first-order valence-electron chi connectivity index (χ1n) is 5.94. The summed E-state index contributed by atoms with van der Waals surface area (Å²) in [7, 11) is 0. The zero-order valence-electron chi connectivity index (χ0n) is 9.76. The minimum absolute atomic E-state index is 0.0824. The van der Waals surface area contributed by atoms with Gasteiger partial charge in [0.05, 0.1) is 5.56 Å². The van der Waals surface area contributed by atoms with Crippen LogP contribution in [0.4, 0.5) is 13.2 Å². The molecular weight excluding hydrogens is 243 g/mol. The van der Waals surface area contributed by atoms with Crippen LogP contribution in [0.25, 0.3) is 0 Å². The Morgan fingerprint density at radius 2 is 1.89 bits per heavy atom. The highest BCUT2D eigenvalue weighted by molar-refractivity contribution is 5.98. The molecule has 1 fully saturated rings. The van der Waals surface area contributed by atoms with Crippen LogP contribution in [-0.4, -0.2) is 11.8 Å². The quantitative estimate of drug-likeness (QED) is 0.654. The van der Waals surface area contributed by atoms with Crippen molar-refractivity contribution in [3.05, 3.63) is 35.1 Å². The van der Waals surface area contributed by atoms with E-state index in [0.29, 0.717) is 12.8 Å². The zero-order chi connectivity index (χ0) is 13.3. The van der Waals surface area contributed by atoms with Gasteiger partial charge in [-0.1, -0.05) is 6.42 Å². The molecule has 2 unspecified atom stereocenters. The fraction of sp³-hybridized carbons (Fsp3) is 0.462. The zero-order valence-corrected chi connectivity index (χ0v) is 9.76. The first-order chi connectivity index (χ1) is 8.50. The largest absolute Gasteiger partial charge is 0.328 e. The van der Waals surface area contributed by atoms with Gasteiger partial charge in [0.25, 0.3) is 0 Å². The Hall–Kier alpha value is -1.36. The topological polar surface area (TPSA) is 43.1 Å². The number of rotatable bonds is 2. The summed E-state index contributed by atoms with van der Waals surface area (Å²) >= 11 is 0. The Bertz CT molecular complexity index is 476. The lowest BCUT2D eigenvalue weighted by Gasteiger charge is -2.25. The van der Waals surface area contributed by atoms with Crippen molar-refractivity contribution < 1.29 is 18.0 Å². The molecule has 0 aliphatic heterocycles. The Kier molecular flexibility index (Phi) is 3.71. The van der Waals surface area contributed by atoms with E-state index in [1.54, 1.807) is 0 Å². The first-order valence-corrected chi connectivity index (χ1v) is 5.94. The lowest BCUT2D eigenvalue weighted by molar-refractivity contribution is 0.0876. The molecule has 1 saturated carbocycles. The van der Waals surface area contributed by atoms with Gasteiger partial charge in [-0.2, -0.15) is 0 Å². The minimum Gasteiger partial charge on any atom is -0.328 e. The summed E-state index contributed by atoms with van der Waals surface area (Å²) in [6.07, 6.45) is 2.72. The molecule has 1 aromatic carbocycles. The van der Waals surface area contributed by atoms with Crippen molar-refractivity contribution in [1.29, 1.82) is 0 Å². The first kappa shape index (κ1) is 13.1. The molecule has 0 radical (unpaired) electrons. The number of hydrogen-bond acceptors (Lipinski definition) is 2. The second-order valence-electron chi connectivity index (χ2n) is 4.71. The molecule has 0 aromatic heterocycles. The summed E-state index contributed by atoms with van der Waals surface area (Å²) in [5.41, 5.74) is 5.37. The van der Waals surface area contributed by atoms with Gasteiger partial charge in [0.2, 0.25) is 0 Å². The van der Waals surface area contributed by atoms with E-state index in [-0.39, 0.29) is 11.6 Å². The van der Waals surface area contributed by atoms with Crippen molar-refractivity contribution in [2.24, 2.45) is 11.7 Å². The maximum Gasteiger partial charge on any atom is 0.195 e. The third kappa shape index (κ3) is 2.41. The van der Waals surface area contributed by atoms with Crippen LogP contribution in [0.2, 0.25) is 0 Å². The number of hydrogen-bond donors (Lipinski definition) is 1. The van der Waals surface area contributed by atoms with Gasteiger partial charge in [-0.15, -0.1) is 0 Å². The van der Waals surface area contributed by atoms with Crippen molar-refractivity contribution in [2.45, 2.75) is 31.7 Å². The summed E-state index contributed by atoms with van der Waals surface area (Å²) in [5.74, 6) is -5.17. The maximum absolute atomic E-state index is 13.5. The van der Waals surface area contributed by atoms with Crippen LogP contribution in [0.5, 0.6) is 0 Å². The Balaban J connectivity index is 2.26. The standard InChI is InChI=1S/C13H14F3NO/c14-10-5-4-9(11(15)12(10)16)13(18)7-2-1-3-8(17)6-7/h4-5,7-8H,1-3,6,17H2. The highest BCUT2D eigenvalue weighted by Crippen LogP contribution is 2.28. The van der Waals surface area contributed by atoms with E-state index in [4.69, 9.17) is 5.73 Å². The summed E-state index contributed by atoms with van der Waals surface area (Å²) in [5, 5.41) is 0. The molecule has 0 bridgehead atoms. The molecule has 1 aliphatic carbocycles. The van der Waals surface area contributed by atoms with Crippen molar-refractivity contribution in [2.75, 3.05) is 0 Å². The van der Waals surface area contributed by atoms with Crippen LogP contribution in [0, 0.1) is 23.4 Å². The SMILES string of the molecule is NC1CCCC(C(=O)c2ccc(F)c(F)c2F)C1. The van der Waals surface area contributed by atoms with Crippen LogP contribution in [0.1, 0.15) is 36.0 Å². The van der Waals surface area contributed by atoms with E-state index in [1.807, 2.05) is 0 Å². The molecule has 2 atom stereocenters. The van der Waals surface area contributed by atoms with Crippen LogP contribution < -0.4 is 5.73 Å². The van der Waals surface area contributed by atoms with Crippen molar-refractivity contribution >= 4 is 5.78 Å².